The molecule has 136 valence electrons. The normalized spacial score (nSPS) is 16.6. The topological polar surface area (TPSA) is 76.9 Å². The Bertz CT molecular complexity index is 1060. The number of alkyl halides is 3. The minimum atomic E-state index is -4.73. The fourth-order valence-corrected chi connectivity index (χ4v) is 3.88. The Morgan fingerprint density at radius 3 is 2.52 bits per heavy atom. The van der Waals surface area contributed by atoms with Crippen molar-refractivity contribution in [2.45, 2.75) is 12.1 Å². The van der Waals surface area contributed by atoms with Gasteiger partial charge in [0.2, 0.25) is 11.8 Å². The van der Waals surface area contributed by atoms with Gasteiger partial charge in [0.1, 0.15) is 11.6 Å². The summed E-state index contributed by atoms with van der Waals surface area (Å²) in [4.78, 5) is 0.553. The molecule has 1 aliphatic heterocycles. The van der Waals surface area contributed by atoms with Gasteiger partial charge in [-0.05, 0) is 23.6 Å². The van der Waals surface area contributed by atoms with E-state index in [1.807, 2.05) is 6.07 Å². The van der Waals surface area contributed by atoms with Crippen LogP contribution in [0.4, 0.5) is 13.2 Å². The largest absolute Gasteiger partial charge is 0.435 e. The number of ether oxygens (including phenoxy) is 1. The molecule has 3 aromatic rings. The van der Waals surface area contributed by atoms with Crippen molar-refractivity contribution in [1.82, 2.24) is 9.78 Å². The number of halogens is 3. The van der Waals surface area contributed by atoms with Gasteiger partial charge in [-0.2, -0.15) is 28.2 Å². The van der Waals surface area contributed by atoms with Crippen LogP contribution in [-0.2, 0) is 6.18 Å². The Labute approximate surface area is 155 Å². The minimum Gasteiger partial charge on any atom is -0.422 e. The SMILES string of the molecule is N#CC1=C(N)Oc2c(c(C(F)(F)F)nn2-c2ccccc2)[C@@H]1c1cccs1. The van der Waals surface area contributed by atoms with E-state index in [1.54, 1.807) is 47.8 Å². The Morgan fingerprint density at radius 1 is 1.19 bits per heavy atom. The third-order valence-electron chi connectivity index (χ3n) is 4.14. The number of thiophene rings is 1. The average molecular weight is 388 g/mol. The monoisotopic (exact) mass is 388 g/mol. The molecule has 0 fully saturated rings. The Balaban J connectivity index is 2.05. The second kappa shape index (κ2) is 6.17. The highest BCUT2D eigenvalue weighted by Crippen LogP contribution is 2.49. The van der Waals surface area contributed by atoms with E-state index < -0.39 is 17.8 Å². The number of hydrogen-bond donors (Lipinski definition) is 1. The number of para-hydroxylation sites is 1. The van der Waals surface area contributed by atoms with E-state index in [0.717, 1.165) is 4.68 Å². The second-order valence-corrected chi connectivity index (χ2v) is 6.73. The summed E-state index contributed by atoms with van der Waals surface area (Å²) in [5.41, 5.74) is 4.90. The molecule has 1 aliphatic rings. The average Bonchev–Trinajstić information content (AvgIpc) is 3.28. The molecule has 0 bridgehead atoms. The van der Waals surface area contributed by atoms with Gasteiger partial charge in [0.15, 0.2) is 5.69 Å². The standard InChI is InChI=1S/C18H11F3N4OS/c19-18(20,21)15-14-13(12-7-4-8-27-12)11(9-22)16(23)26-17(14)25(24-15)10-5-2-1-3-6-10/h1-8,13H,23H2/t13-/m0/s1. The molecule has 5 nitrogen and oxygen atoms in total. The van der Waals surface area contributed by atoms with Crippen LogP contribution in [0.15, 0.2) is 59.3 Å². The first-order chi connectivity index (χ1) is 12.9. The summed E-state index contributed by atoms with van der Waals surface area (Å²) in [6, 6.07) is 13.6. The summed E-state index contributed by atoms with van der Waals surface area (Å²) in [5, 5.41) is 15.0. The van der Waals surface area contributed by atoms with Crippen LogP contribution in [0.2, 0.25) is 0 Å². The zero-order valence-electron chi connectivity index (χ0n) is 13.6. The highest BCUT2D eigenvalue weighted by Gasteiger charge is 2.46. The molecule has 0 amide bonds. The fraction of sp³-hybridized carbons (Fsp3) is 0.111. The van der Waals surface area contributed by atoms with Crippen molar-refractivity contribution >= 4 is 11.3 Å². The first-order valence-corrected chi connectivity index (χ1v) is 8.66. The quantitative estimate of drug-likeness (QED) is 0.715. The van der Waals surface area contributed by atoms with Gasteiger partial charge >= 0.3 is 6.18 Å². The number of rotatable bonds is 2. The lowest BCUT2D eigenvalue weighted by molar-refractivity contribution is -0.142. The number of allylic oxidation sites excluding steroid dienone is 1. The first-order valence-electron chi connectivity index (χ1n) is 7.78. The molecule has 1 aromatic carbocycles. The minimum absolute atomic E-state index is 0.0666. The van der Waals surface area contributed by atoms with Crippen LogP contribution in [0.3, 0.4) is 0 Å². The predicted octanol–water partition coefficient (Wildman–Crippen LogP) is 4.17. The summed E-state index contributed by atoms with van der Waals surface area (Å²) in [6.45, 7) is 0. The van der Waals surface area contributed by atoms with Crippen LogP contribution in [0, 0.1) is 11.3 Å². The molecule has 2 N–H and O–H groups in total. The molecule has 3 heterocycles. The third kappa shape index (κ3) is 2.74. The van der Waals surface area contributed by atoms with Gasteiger partial charge in [0.25, 0.3) is 0 Å². The summed E-state index contributed by atoms with van der Waals surface area (Å²) in [7, 11) is 0. The van der Waals surface area contributed by atoms with Gasteiger partial charge in [0.05, 0.1) is 17.2 Å². The van der Waals surface area contributed by atoms with Gasteiger partial charge in [-0.3, -0.25) is 0 Å². The maximum Gasteiger partial charge on any atom is 0.435 e. The summed E-state index contributed by atoms with van der Waals surface area (Å²) < 4.78 is 47.9. The van der Waals surface area contributed by atoms with Gasteiger partial charge in [-0.15, -0.1) is 11.3 Å². The molecule has 0 saturated carbocycles. The lowest BCUT2D eigenvalue weighted by atomic mass is 9.88. The molecule has 2 aromatic heterocycles. The smallest absolute Gasteiger partial charge is 0.422 e. The molecule has 1 atom stereocenters. The maximum absolute atomic E-state index is 13.8. The number of nitrogens with zero attached hydrogens (tertiary/aromatic N) is 3. The Hall–Kier alpha value is -3.25. The Kier molecular flexibility index (Phi) is 3.93. The molecule has 9 heteroatoms. The molecule has 0 spiro atoms. The zero-order valence-corrected chi connectivity index (χ0v) is 14.4. The number of hydrogen-bond acceptors (Lipinski definition) is 5. The van der Waals surface area contributed by atoms with E-state index in [2.05, 4.69) is 5.10 Å². The van der Waals surface area contributed by atoms with Crippen LogP contribution < -0.4 is 10.5 Å². The highest BCUT2D eigenvalue weighted by atomic mass is 32.1. The van der Waals surface area contributed by atoms with Crippen LogP contribution >= 0.6 is 11.3 Å². The molecule has 0 saturated heterocycles. The van der Waals surface area contributed by atoms with Gasteiger partial charge in [-0.1, -0.05) is 24.3 Å². The molecule has 0 radical (unpaired) electrons. The molecular formula is C18H11F3N4OS. The van der Waals surface area contributed by atoms with E-state index >= 15 is 0 Å². The number of nitrogens with two attached hydrogens (primary N) is 1. The van der Waals surface area contributed by atoms with E-state index in [9.17, 15) is 18.4 Å². The number of nitriles is 1. The van der Waals surface area contributed by atoms with Crippen LogP contribution in [0.1, 0.15) is 22.1 Å². The molecular weight excluding hydrogens is 377 g/mol. The van der Waals surface area contributed by atoms with Crippen molar-refractivity contribution in [3.8, 4) is 17.6 Å². The molecule has 0 aliphatic carbocycles. The van der Waals surface area contributed by atoms with Crippen molar-refractivity contribution in [3.05, 3.63) is 75.4 Å². The fourth-order valence-electron chi connectivity index (χ4n) is 3.03. The van der Waals surface area contributed by atoms with Gasteiger partial charge in [0, 0.05) is 4.88 Å². The van der Waals surface area contributed by atoms with Crippen molar-refractivity contribution < 1.29 is 17.9 Å². The maximum atomic E-state index is 13.8. The second-order valence-electron chi connectivity index (χ2n) is 5.75. The number of aromatic nitrogens is 2. The molecule has 4 rings (SSSR count). The summed E-state index contributed by atoms with van der Waals surface area (Å²) >= 11 is 1.24. The summed E-state index contributed by atoms with van der Waals surface area (Å²) in [6.07, 6.45) is -4.73. The molecule has 27 heavy (non-hydrogen) atoms. The van der Waals surface area contributed by atoms with E-state index in [0.29, 0.717) is 10.6 Å². The van der Waals surface area contributed by atoms with E-state index in [-0.39, 0.29) is 22.9 Å². The number of fused-ring (bicyclic) bond motifs is 1. The van der Waals surface area contributed by atoms with Gasteiger partial charge < -0.3 is 10.5 Å². The lowest BCUT2D eigenvalue weighted by Gasteiger charge is -2.24. The molecule has 0 unspecified atom stereocenters. The predicted molar refractivity (Wildman–Crippen MR) is 92.2 cm³/mol. The van der Waals surface area contributed by atoms with Crippen molar-refractivity contribution in [1.29, 1.82) is 5.26 Å². The van der Waals surface area contributed by atoms with Crippen LogP contribution in [0.25, 0.3) is 5.69 Å². The third-order valence-corrected chi connectivity index (χ3v) is 5.08. The van der Waals surface area contributed by atoms with Crippen molar-refractivity contribution in [2.24, 2.45) is 5.73 Å². The Morgan fingerprint density at radius 2 is 1.93 bits per heavy atom. The highest BCUT2D eigenvalue weighted by molar-refractivity contribution is 7.10. The summed E-state index contributed by atoms with van der Waals surface area (Å²) in [5.74, 6) is -1.36. The van der Waals surface area contributed by atoms with Crippen molar-refractivity contribution in [2.75, 3.05) is 0 Å². The lowest BCUT2D eigenvalue weighted by Crippen LogP contribution is -2.22. The first kappa shape index (κ1) is 17.2. The van der Waals surface area contributed by atoms with E-state index in [4.69, 9.17) is 10.5 Å². The van der Waals surface area contributed by atoms with E-state index in [1.165, 1.54) is 11.3 Å². The van der Waals surface area contributed by atoms with Gasteiger partial charge in [-0.25, -0.2) is 0 Å². The zero-order chi connectivity index (χ0) is 19.2. The number of benzene rings is 1. The van der Waals surface area contributed by atoms with Crippen molar-refractivity contribution in [3.63, 3.8) is 0 Å². The van der Waals surface area contributed by atoms with Crippen LogP contribution in [0.5, 0.6) is 5.88 Å². The van der Waals surface area contributed by atoms with Crippen LogP contribution in [-0.4, -0.2) is 9.78 Å².